The van der Waals surface area contributed by atoms with E-state index in [0.717, 1.165) is 25.7 Å². The van der Waals surface area contributed by atoms with Crippen molar-refractivity contribution >= 4 is 11.8 Å². The normalized spacial score (nSPS) is 20.8. The van der Waals surface area contributed by atoms with Gasteiger partial charge in [-0.15, -0.1) is 0 Å². The molecule has 2 atom stereocenters. The molecule has 1 aliphatic heterocycles. The number of rotatable bonds is 14. The fourth-order valence-corrected chi connectivity index (χ4v) is 3.63. The van der Waals surface area contributed by atoms with Crippen molar-refractivity contribution in [3.8, 4) is 0 Å². The van der Waals surface area contributed by atoms with Crippen LogP contribution in [0.3, 0.4) is 0 Å². The lowest BCUT2D eigenvalue weighted by atomic mass is 9.81. The highest BCUT2D eigenvalue weighted by atomic mass is 16.2. The molecule has 1 saturated heterocycles. The minimum Gasteiger partial charge on any atom is -0.273 e. The highest BCUT2D eigenvalue weighted by molar-refractivity contribution is 5.92. The fourth-order valence-electron chi connectivity index (χ4n) is 3.63. The molecule has 0 aromatic heterocycles. The van der Waals surface area contributed by atoms with E-state index < -0.39 is 0 Å². The molecular formula is C20H38N2O2. The Bertz CT molecular complexity index is 324. The zero-order valence-corrected chi connectivity index (χ0v) is 15.9. The summed E-state index contributed by atoms with van der Waals surface area (Å²) >= 11 is 0. The lowest BCUT2D eigenvalue weighted by Crippen LogP contribution is -2.56. The van der Waals surface area contributed by atoms with Crippen LogP contribution in [-0.2, 0) is 9.59 Å². The van der Waals surface area contributed by atoms with Gasteiger partial charge in [-0.25, -0.2) is 0 Å². The quantitative estimate of drug-likeness (QED) is 0.443. The lowest BCUT2D eigenvalue weighted by Gasteiger charge is -2.30. The molecule has 4 heteroatoms. The molecule has 0 saturated carbocycles. The monoisotopic (exact) mass is 338 g/mol. The molecule has 1 aliphatic rings. The average molecular weight is 339 g/mol. The van der Waals surface area contributed by atoms with Crippen LogP contribution < -0.4 is 10.9 Å². The highest BCUT2D eigenvalue weighted by Crippen LogP contribution is 2.27. The number of unbranched alkanes of at least 4 members (excludes halogenated alkanes) is 10. The molecule has 1 rings (SSSR count). The van der Waals surface area contributed by atoms with E-state index in [-0.39, 0.29) is 23.7 Å². The van der Waals surface area contributed by atoms with Gasteiger partial charge in [0.25, 0.3) is 0 Å². The number of hydrogen-bond acceptors (Lipinski definition) is 2. The van der Waals surface area contributed by atoms with E-state index in [1.54, 1.807) is 0 Å². The van der Waals surface area contributed by atoms with Gasteiger partial charge in [0.15, 0.2) is 0 Å². The van der Waals surface area contributed by atoms with Crippen LogP contribution in [0.4, 0.5) is 0 Å². The molecule has 0 aliphatic carbocycles. The summed E-state index contributed by atoms with van der Waals surface area (Å²) in [6, 6.07) is 0. The smallest absolute Gasteiger partial charge is 0.242 e. The summed E-state index contributed by atoms with van der Waals surface area (Å²) in [5.74, 6) is -0.223. The number of carbonyl (C=O) groups excluding carboxylic acids is 2. The Balaban J connectivity index is 2.31. The maximum atomic E-state index is 12.2. The van der Waals surface area contributed by atoms with E-state index >= 15 is 0 Å². The lowest BCUT2D eigenvalue weighted by molar-refractivity contribution is -0.143. The summed E-state index contributed by atoms with van der Waals surface area (Å²) in [5, 5.41) is 0. The molecule has 0 aromatic rings. The first-order chi connectivity index (χ1) is 11.7. The molecule has 2 amide bonds. The minimum atomic E-state index is -0.124. The van der Waals surface area contributed by atoms with Gasteiger partial charge in [-0.3, -0.25) is 20.4 Å². The van der Waals surface area contributed by atoms with E-state index in [1.165, 1.54) is 64.2 Å². The number of carbonyl (C=O) groups is 2. The van der Waals surface area contributed by atoms with Crippen molar-refractivity contribution in [2.45, 2.75) is 104 Å². The Hall–Kier alpha value is -1.06. The van der Waals surface area contributed by atoms with Gasteiger partial charge in [0.05, 0.1) is 11.8 Å². The first kappa shape index (κ1) is 21.0. The third-order valence-corrected chi connectivity index (χ3v) is 5.21. The molecule has 0 aromatic carbocycles. The van der Waals surface area contributed by atoms with Crippen LogP contribution in [0.2, 0.25) is 0 Å². The topological polar surface area (TPSA) is 58.2 Å². The van der Waals surface area contributed by atoms with Gasteiger partial charge in [0, 0.05) is 0 Å². The molecule has 1 fully saturated rings. The predicted molar refractivity (Wildman–Crippen MR) is 99.3 cm³/mol. The van der Waals surface area contributed by atoms with Crippen LogP contribution >= 0.6 is 0 Å². The van der Waals surface area contributed by atoms with Gasteiger partial charge in [-0.2, -0.15) is 0 Å². The van der Waals surface area contributed by atoms with Crippen molar-refractivity contribution in [2.24, 2.45) is 11.8 Å². The van der Waals surface area contributed by atoms with Crippen molar-refractivity contribution in [2.75, 3.05) is 0 Å². The Kier molecular flexibility index (Phi) is 11.6. The number of nitrogens with one attached hydrogen (secondary N) is 2. The van der Waals surface area contributed by atoms with Crippen molar-refractivity contribution in [1.29, 1.82) is 0 Å². The van der Waals surface area contributed by atoms with Crippen LogP contribution in [0, 0.1) is 11.8 Å². The SMILES string of the molecule is CCCCCCCCC1C(=O)NNC(=O)C1CCCCCCCC. The highest BCUT2D eigenvalue weighted by Gasteiger charge is 2.36. The zero-order chi connectivity index (χ0) is 17.6. The molecule has 0 spiro atoms. The van der Waals surface area contributed by atoms with E-state index in [9.17, 15) is 9.59 Å². The van der Waals surface area contributed by atoms with Gasteiger partial charge in [-0.05, 0) is 12.8 Å². The number of hydrogen-bond donors (Lipinski definition) is 2. The molecule has 24 heavy (non-hydrogen) atoms. The fraction of sp³-hybridized carbons (Fsp3) is 0.900. The van der Waals surface area contributed by atoms with E-state index in [0.29, 0.717) is 0 Å². The average Bonchev–Trinajstić information content (AvgIpc) is 2.58. The molecule has 140 valence electrons. The molecule has 2 unspecified atom stereocenters. The minimum absolute atomic E-state index is 0.0131. The predicted octanol–water partition coefficient (Wildman–Crippen LogP) is 4.88. The summed E-state index contributed by atoms with van der Waals surface area (Å²) in [4.78, 5) is 24.3. The second-order valence-corrected chi connectivity index (χ2v) is 7.30. The summed E-state index contributed by atoms with van der Waals surface area (Å²) < 4.78 is 0. The van der Waals surface area contributed by atoms with E-state index in [2.05, 4.69) is 24.7 Å². The Morgan fingerprint density at radius 3 is 1.29 bits per heavy atom. The van der Waals surface area contributed by atoms with Gasteiger partial charge < -0.3 is 0 Å². The summed E-state index contributed by atoms with van der Waals surface area (Å²) in [6.07, 6.45) is 16.3. The van der Waals surface area contributed by atoms with Gasteiger partial charge in [-0.1, -0.05) is 90.9 Å². The van der Waals surface area contributed by atoms with E-state index in [1.807, 2.05) is 0 Å². The largest absolute Gasteiger partial charge is 0.273 e. The third-order valence-electron chi connectivity index (χ3n) is 5.21. The molecule has 0 bridgehead atoms. The van der Waals surface area contributed by atoms with Crippen LogP contribution in [0.25, 0.3) is 0 Å². The maximum Gasteiger partial charge on any atom is 0.242 e. The van der Waals surface area contributed by atoms with Crippen LogP contribution in [0.15, 0.2) is 0 Å². The Morgan fingerprint density at radius 1 is 0.583 bits per heavy atom. The van der Waals surface area contributed by atoms with Crippen molar-refractivity contribution in [1.82, 2.24) is 10.9 Å². The first-order valence-electron chi connectivity index (χ1n) is 10.3. The molecule has 2 N–H and O–H groups in total. The molecule has 4 nitrogen and oxygen atoms in total. The van der Waals surface area contributed by atoms with Crippen molar-refractivity contribution < 1.29 is 9.59 Å². The number of amides is 2. The summed E-state index contributed by atoms with van der Waals surface area (Å²) in [5.41, 5.74) is 5.11. The first-order valence-corrected chi connectivity index (χ1v) is 10.3. The Labute approximate surface area is 148 Å². The van der Waals surface area contributed by atoms with E-state index in [4.69, 9.17) is 0 Å². The van der Waals surface area contributed by atoms with Crippen LogP contribution in [0.1, 0.15) is 104 Å². The summed E-state index contributed by atoms with van der Waals surface area (Å²) in [6.45, 7) is 4.44. The third kappa shape index (κ3) is 8.16. The number of hydrazine groups is 1. The zero-order valence-electron chi connectivity index (χ0n) is 15.9. The maximum absolute atomic E-state index is 12.2. The van der Waals surface area contributed by atoms with Crippen LogP contribution in [-0.4, -0.2) is 11.8 Å². The summed E-state index contributed by atoms with van der Waals surface area (Å²) in [7, 11) is 0. The van der Waals surface area contributed by atoms with Crippen molar-refractivity contribution in [3.05, 3.63) is 0 Å². The Morgan fingerprint density at radius 2 is 0.917 bits per heavy atom. The van der Waals surface area contributed by atoms with Crippen molar-refractivity contribution in [3.63, 3.8) is 0 Å². The van der Waals surface area contributed by atoms with Crippen LogP contribution in [0.5, 0.6) is 0 Å². The second-order valence-electron chi connectivity index (χ2n) is 7.30. The molecule has 0 radical (unpaired) electrons. The molecule has 1 heterocycles. The van der Waals surface area contributed by atoms with Gasteiger partial charge in [0.1, 0.15) is 0 Å². The van der Waals surface area contributed by atoms with Gasteiger partial charge in [0.2, 0.25) is 11.8 Å². The second kappa shape index (κ2) is 13.3. The molecular weight excluding hydrogens is 300 g/mol. The van der Waals surface area contributed by atoms with Gasteiger partial charge >= 0.3 is 0 Å². The standard InChI is InChI=1S/C20H38N2O2/c1-3-5-7-9-11-13-15-17-18(20(24)22-21-19(17)23)16-14-12-10-8-6-4-2/h17-18H,3-16H2,1-2H3,(H,21,23)(H,22,24).